The van der Waals surface area contributed by atoms with Gasteiger partial charge in [-0.2, -0.15) is 0 Å². The predicted molar refractivity (Wildman–Crippen MR) is 65.6 cm³/mol. The first-order chi connectivity index (χ1) is 8.58. The van der Waals surface area contributed by atoms with Crippen LogP contribution >= 0.6 is 11.6 Å². The summed E-state index contributed by atoms with van der Waals surface area (Å²) in [5.41, 5.74) is 4.49. The van der Waals surface area contributed by atoms with Crippen molar-refractivity contribution < 1.29 is 19.1 Å². The van der Waals surface area contributed by atoms with E-state index in [1.807, 2.05) is 0 Å². The van der Waals surface area contributed by atoms with Crippen LogP contribution in [0, 0.1) is 0 Å². The molecular formula is C11H13ClN2O4. The van der Waals surface area contributed by atoms with Gasteiger partial charge in [-0.25, -0.2) is 10.2 Å². The third-order valence-corrected chi connectivity index (χ3v) is 2.19. The Morgan fingerprint density at radius 3 is 2.67 bits per heavy atom. The molecule has 0 saturated heterocycles. The van der Waals surface area contributed by atoms with Crippen LogP contribution in [0.3, 0.4) is 0 Å². The number of nitrogens with one attached hydrogen (secondary N) is 2. The number of rotatable bonds is 3. The van der Waals surface area contributed by atoms with Crippen molar-refractivity contribution in [1.82, 2.24) is 10.9 Å². The number of carbonyl (C=O) groups excluding carboxylic acids is 2. The normalized spacial score (nSPS) is 9.50. The van der Waals surface area contributed by atoms with E-state index in [0.717, 1.165) is 0 Å². The number of methoxy groups -OCH3 is 1. The van der Waals surface area contributed by atoms with Gasteiger partial charge >= 0.3 is 6.09 Å². The standard InChI is InChI=1S/C11H13ClN2O4/c1-3-18-11(16)14-13-10(15)8-6-7(12)4-5-9(8)17-2/h4-6H,3H2,1-2H3,(H,13,15)(H,14,16). The van der Waals surface area contributed by atoms with Crippen LogP contribution in [0.1, 0.15) is 17.3 Å². The van der Waals surface area contributed by atoms with E-state index in [0.29, 0.717) is 10.8 Å². The summed E-state index contributed by atoms with van der Waals surface area (Å²) in [7, 11) is 1.43. The second-order valence-electron chi connectivity index (χ2n) is 3.14. The molecule has 0 radical (unpaired) electrons. The average Bonchev–Trinajstić information content (AvgIpc) is 2.36. The number of halogens is 1. The highest BCUT2D eigenvalue weighted by Gasteiger charge is 2.13. The van der Waals surface area contributed by atoms with Crippen molar-refractivity contribution in [3.05, 3.63) is 28.8 Å². The van der Waals surface area contributed by atoms with Crippen molar-refractivity contribution in [3.8, 4) is 5.75 Å². The molecule has 98 valence electrons. The van der Waals surface area contributed by atoms with Gasteiger partial charge in [-0.05, 0) is 25.1 Å². The second-order valence-corrected chi connectivity index (χ2v) is 3.58. The van der Waals surface area contributed by atoms with Gasteiger partial charge in [-0.3, -0.25) is 10.2 Å². The lowest BCUT2D eigenvalue weighted by atomic mass is 10.2. The van der Waals surface area contributed by atoms with Crippen molar-refractivity contribution in [2.75, 3.05) is 13.7 Å². The zero-order chi connectivity index (χ0) is 13.5. The molecule has 0 aromatic heterocycles. The third kappa shape index (κ3) is 3.81. The molecule has 0 atom stereocenters. The second kappa shape index (κ2) is 6.70. The molecule has 0 unspecified atom stereocenters. The van der Waals surface area contributed by atoms with Gasteiger partial charge in [-0.1, -0.05) is 11.6 Å². The molecule has 2 N–H and O–H groups in total. The van der Waals surface area contributed by atoms with Crippen molar-refractivity contribution in [2.45, 2.75) is 6.92 Å². The summed E-state index contributed by atoms with van der Waals surface area (Å²) >= 11 is 5.78. The average molecular weight is 273 g/mol. The SMILES string of the molecule is CCOC(=O)NNC(=O)c1cc(Cl)ccc1OC. The Bertz CT molecular complexity index is 451. The fraction of sp³-hybridized carbons (Fsp3) is 0.273. The summed E-state index contributed by atoms with van der Waals surface area (Å²) in [6.07, 6.45) is -0.744. The van der Waals surface area contributed by atoms with Gasteiger partial charge in [0.05, 0.1) is 19.3 Å². The molecule has 1 aromatic carbocycles. The minimum Gasteiger partial charge on any atom is -0.496 e. The molecule has 0 aliphatic heterocycles. The molecule has 18 heavy (non-hydrogen) atoms. The van der Waals surface area contributed by atoms with Crippen LogP contribution in [0.4, 0.5) is 4.79 Å². The maximum Gasteiger partial charge on any atom is 0.426 e. The Kier molecular flexibility index (Phi) is 5.26. The topological polar surface area (TPSA) is 76.7 Å². The van der Waals surface area contributed by atoms with Crippen LogP contribution in [0.5, 0.6) is 5.75 Å². The highest BCUT2D eigenvalue weighted by Crippen LogP contribution is 2.22. The summed E-state index contributed by atoms with van der Waals surface area (Å²) in [5, 5.41) is 0.386. The van der Waals surface area contributed by atoms with Crippen LogP contribution < -0.4 is 15.6 Å². The van der Waals surface area contributed by atoms with Crippen LogP contribution in [0.25, 0.3) is 0 Å². The highest BCUT2D eigenvalue weighted by molar-refractivity contribution is 6.31. The molecule has 1 rings (SSSR count). The fourth-order valence-electron chi connectivity index (χ4n) is 1.20. The van der Waals surface area contributed by atoms with Gasteiger partial charge in [0.25, 0.3) is 5.91 Å². The predicted octanol–water partition coefficient (Wildman–Crippen LogP) is 1.74. The van der Waals surface area contributed by atoms with Gasteiger partial charge in [0.15, 0.2) is 0 Å². The monoisotopic (exact) mass is 272 g/mol. The van der Waals surface area contributed by atoms with Crippen LogP contribution in [0.15, 0.2) is 18.2 Å². The first-order valence-electron chi connectivity index (χ1n) is 5.15. The lowest BCUT2D eigenvalue weighted by Crippen LogP contribution is -2.42. The van der Waals surface area contributed by atoms with Gasteiger partial charge < -0.3 is 9.47 Å². The molecule has 1 aromatic rings. The maximum absolute atomic E-state index is 11.8. The first-order valence-corrected chi connectivity index (χ1v) is 5.53. The molecule has 2 amide bonds. The van der Waals surface area contributed by atoms with Crippen molar-refractivity contribution in [3.63, 3.8) is 0 Å². The van der Waals surface area contributed by atoms with Crippen molar-refractivity contribution in [1.29, 1.82) is 0 Å². The first kappa shape index (κ1) is 14.1. The minimum atomic E-state index is -0.744. The summed E-state index contributed by atoms with van der Waals surface area (Å²) in [5.74, 6) is -0.204. The van der Waals surface area contributed by atoms with Gasteiger partial charge in [-0.15, -0.1) is 0 Å². The maximum atomic E-state index is 11.8. The van der Waals surface area contributed by atoms with E-state index < -0.39 is 12.0 Å². The third-order valence-electron chi connectivity index (χ3n) is 1.96. The molecule has 0 spiro atoms. The molecule has 6 nitrogen and oxygen atoms in total. The number of ether oxygens (including phenoxy) is 2. The van der Waals surface area contributed by atoms with E-state index in [9.17, 15) is 9.59 Å². The van der Waals surface area contributed by atoms with E-state index >= 15 is 0 Å². The summed E-state index contributed by atoms with van der Waals surface area (Å²) in [6, 6.07) is 4.58. The Hall–Kier alpha value is -1.95. The van der Waals surface area contributed by atoms with E-state index in [1.165, 1.54) is 13.2 Å². The van der Waals surface area contributed by atoms with Crippen LogP contribution in [0.2, 0.25) is 5.02 Å². The molecule has 7 heteroatoms. The Labute approximate surface area is 109 Å². The van der Waals surface area contributed by atoms with Gasteiger partial charge in [0.1, 0.15) is 5.75 Å². The summed E-state index contributed by atoms with van der Waals surface area (Å²) in [4.78, 5) is 22.8. The van der Waals surface area contributed by atoms with E-state index in [2.05, 4.69) is 15.6 Å². The quantitative estimate of drug-likeness (QED) is 0.822. The lowest BCUT2D eigenvalue weighted by Gasteiger charge is -2.10. The summed E-state index contributed by atoms with van der Waals surface area (Å²) in [6.45, 7) is 1.86. The zero-order valence-electron chi connectivity index (χ0n) is 9.95. The minimum absolute atomic E-state index is 0.210. The number of hydrogen-bond acceptors (Lipinski definition) is 4. The fourth-order valence-corrected chi connectivity index (χ4v) is 1.37. The Morgan fingerprint density at radius 2 is 2.06 bits per heavy atom. The van der Waals surface area contributed by atoms with Crippen molar-refractivity contribution >= 4 is 23.6 Å². The van der Waals surface area contributed by atoms with Crippen LogP contribution in [-0.4, -0.2) is 25.7 Å². The van der Waals surface area contributed by atoms with Gasteiger partial charge in [0.2, 0.25) is 0 Å². The van der Waals surface area contributed by atoms with Gasteiger partial charge in [0, 0.05) is 5.02 Å². The van der Waals surface area contributed by atoms with E-state index in [1.54, 1.807) is 19.1 Å². The molecule has 0 aliphatic rings. The molecule has 0 heterocycles. The Balaban J connectivity index is 2.71. The molecular weight excluding hydrogens is 260 g/mol. The molecule has 0 fully saturated rings. The highest BCUT2D eigenvalue weighted by atomic mass is 35.5. The number of amides is 2. The lowest BCUT2D eigenvalue weighted by molar-refractivity contribution is 0.0909. The summed E-state index contributed by atoms with van der Waals surface area (Å²) < 4.78 is 9.60. The number of carbonyl (C=O) groups is 2. The van der Waals surface area contributed by atoms with Crippen molar-refractivity contribution in [2.24, 2.45) is 0 Å². The van der Waals surface area contributed by atoms with E-state index in [-0.39, 0.29) is 12.2 Å². The molecule has 0 aliphatic carbocycles. The number of hydrogen-bond donors (Lipinski definition) is 2. The molecule has 0 bridgehead atoms. The number of hydrazine groups is 1. The number of benzene rings is 1. The van der Waals surface area contributed by atoms with E-state index in [4.69, 9.17) is 16.3 Å². The smallest absolute Gasteiger partial charge is 0.426 e. The zero-order valence-corrected chi connectivity index (χ0v) is 10.7. The largest absolute Gasteiger partial charge is 0.496 e. The van der Waals surface area contributed by atoms with Crippen LogP contribution in [-0.2, 0) is 4.74 Å². The molecule has 0 saturated carbocycles. The Morgan fingerprint density at radius 1 is 1.33 bits per heavy atom.